The maximum absolute atomic E-state index is 12.0. The predicted molar refractivity (Wildman–Crippen MR) is 115 cm³/mol. The highest BCUT2D eigenvalue weighted by Crippen LogP contribution is 2.38. The second kappa shape index (κ2) is 8.29. The van der Waals surface area contributed by atoms with E-state index < -0.39 is 5.97 Å². The van der Waals surface area contributed by atoms with Gasteiger partial charge in [0.15, 0.2) is 0 Å². The van der Waals surface area contributed by atoms with Gasteiger partial charge in [0.25, 0.3) is 0 Å². The SMILES string of the molecule is CCCCN1CCc2c(n(CCc3ccccc3)c3c(C(=O)O)ccc(O)c23)C1. The van der Waals surface area contributed by atoms with Gasteiger partial charge in [-0.1, -0.05) is 43.7 Å². The third-order valence-corrected chi connectivity index (χ3v) is 5.98. The van der Waals surface area contributed by atoms with Gasteiger partial charge in [-0.25, -0.2) is 4.79 Å². The summed E-state index contributed by atoms with van der Waals surface area (Å²) in [5, 5.41) is 21.2. The number of carboxylic acids is 1. The summed E-state index contributed by atoms with van der Waals surface area (Å²) in [5.41, 5.74) is 4.42. The lowest BCUT2D eigenvalue weighted by atomic mass is 10.0. The summed E-state index contributed by atoms with van der Waals surface area (Å²) in [7, 11) is 0. The molecule has 2 aromatic carbocycles. The molecule has 1 aliphatic heterocycles. The predicted octanol–water partition coefficient (Wildman–Crippen LogP) is 4.45. The van der Waals surface area contributed by atoms with E-state index in [-0.39, 0.29) is 11.3 Å². The van der Waals surface area contributed by atoms with Gasteiger partial charge in [-0.2, -0.15) is 0 Å². The van der Waals surface area contributed by atoms with Gasteiger partial charge in [0.05, 0.1) is 11.1 Å². The Morgan fingerprint density at radius 1 is 1.10 bits per heavy atom. The van der Waals surface area contributed by atoms with Crippen LogP contribution in [0.15, 0.2) is 42.5 Å². The minimum Gasteiger partial charge on any atom is -0.507 e. The summed E-state index contributed by atoms with van der Waals surface area (Å²) < 4.78 is 2.15. The summed E-state index contributed by atoms with van der Waals surface area (Å²) in [6.07, 6.45) is 3.97. The molecular weight excluding hydrogens is 364 g/mol. The van der Waals surface area contributed by atoms with E-state index in [1.54, 1.807) is 0 Å². The van der Waals surface area contributed by atoms with E-state index >= 15 is 0 Å². The highest BCUT2D eigenvalue weighted by atomic mass is 16.4. The van der Waals surface area contributed by atoms with Crippen LogP contribution in [-0.4, -0.2) is 38.7 Å². The Morgan fingerprint density at radius 2 is 1.90 bits per heavy atom. The van der Waals surface area contributed by atoms with Crippen LogP contribution in [0, 0.1) is 0 Å². The fourth-order valence-electron chi connectivity index (χ4n) is 4.49. The monoisotopic (exact) mass is 392 g/mol. The van der Waals surface area contributed by atoms with Crippen LogP contribution in [0.1, 0.15) is 46.9 Å². The Hall–Kier alpha value is -2.79. The number of aryl methyl sites for hydroxylation is 2. The van der Waals surface area contributed by atoms with Gasteiger partial charge in [-0.3, -0.25) is 4.90 Å². The number of fused-ring (bicyclic) bond motifs is 3. The van der Waals surface area contributed by atoms with E-state index in [1.165, 1.54) is 17.7 Å². The van der Waals surface area contributed by atoms with Crippen LogP contribution in [0.5, 0.6) is 5.75 Å². The fraction of sp³-hybridized carbons (Fsp3) is 0.375. The van der Waals surface area contributed by atoms with Crippen molar-refractivity contribution in [2.24, 2.45) is 0 Å². The molecule has 0 bridgehead atoms. The largest absolute Gasteiger partial charge is 0.507 e. The van der Waals surface area contributed by atoms with Crippen molar-refractivity contribution in [3.63, 3.8) is 0 Å². The van der Waals surface area contributed by atoms with Crippen molar-refractivity contribution in [1.29, 1.82) is 0 Å². The fourth-order valence-corrected chi connectivity index (χ4v) is 4.49. The standard InChI is InChI=1S/C24H28N2O3/c1-2-3-13-25-14-12-18-20(16-25)26(15-11-17-7-5-4-6-8-17)23-19(24(28)29)9-10-21(27)22(18)23/h4-10,27H,2-3,11-16H2,1H3,(H,28,29). The molecule has 0 saturated carbocycles. The molecule has 0 saturated heterocycles. The number of benzene rings is 2. The van der Waals surface area contributed by atoms with Gasteiger partial charge < -0.3 is 14.8 Å². The van der Waals surface area contributed by atoms with Crippen molar-refractivity contribution in [1.82, 2.24) is 9.47 Å². The van der Waals surface area contributed by atoms with E-state index in [1.807, 2.05) is 18.2 Å². The molecule has 3 aromatic rings. The Kier molecular flexibility index (Phi) is 5.58. The summed E-state index contributed by atoms with van der Waals surface area (Å²) in [5.74, 6) is -0.768. The number of aromatic carboxylic acids is 1. The third-order valence-electron chi connectivity index (χ3n) is 5.98. The highest BCUT2D eigenvalue weighted by molar-refractivity contribution is 6.06. The van der Waals surface area contributed by atoms with Crippen molar-refractivity contribution >= 4 is 16.9 Å². The zero-order chi connectivity index (χ0) is 20.4. The van der Waals surface area contributed by atoms with Gasteiger partial charge in [0.1, 0.15) is 5.75 Å². The van der Waals surface area contributed by atoms with Crippen molar-refractivity contribution in [2.45, 2.75) is 45.7 Å². The first-order valence-corrected chi connectivity index (χ1v) is 10.5. The van der Waals surface area contributed by atoms with Crippen LogP contribution in [0.3, 0.4) is 0 Å². The number of hydrogen-bond donors (Lipinski definition) is 2. The number of aromatic nitrogens is 1. The minimum absolute atomic E-state index is 0.182. The van der Waals surface area contributed by atoms with Crippen molar-refractivity contribution < 1.29 is 15.0 Å². The summed E-state index contributed by atoms with van der Waals surface area (Å²) in [6, 6.07) is 13.3. The summed E-state index contributed by atoms with van der Waals surface area (Å²) in [4.78, 5) is 14.4. The molecule has 152 valence electrons. The molecule has 0 radical (unpaired) electrons. The lowest BCUT2D eigenvalue weighted by Crippen LogP contribution is -2.32. The van der Waals surface area contributed by atoms with Gasteiger partial charge in [0.2, 0.25) is 0 Å². The second-order valence-corrected chi connectivity index (χ2v) is 7.85. The van der Waals surface area contributed by atoms with Crippen LogP contribution in [-0.2, 0) is 25.9 Å². The number of hydrogen-bond acceptors (Lipinski definition) is 3. The van der Waals surface area contributed by atoms with E-state index in [4.69, 9.17) is 0 Å². The maximum atomic E-state index is 12.0. The molecule has 5 heteroatoms. The lowest BCUT2D eigenvalue weighted by molar-refractivity contribution is 0.0698. The Bertz CT molecular complexity index is 1020. The molecule has 0 atom stereocenters. The highest BCUT2D eigenvalue weighted by Gasteiger charge is 2.28. The minimum atomic E-state index is -0.950. The first-order chi connectivity index (χ1) is 14.1. The molecular formula is C24H28N2O3. The van der Waals surface area contributed by atoms with Crippen molar-refractivity contribution in [3.05, 3.63) is 64.8 Å². The Morgan fingerprint density at radius 3 is 2.62 bits per heavy atom. The van der Waals surface area contributed by atoms with Crippen LogP contribution in [0.4, 0.5) is 0 Å². The Labute approximate surface area is 171 Å². The molecule has 0 spiro atoms. The van der Waals surface area contributed by atoms with Gasteiger partial charge in [0, 0.05) is 30.7 Å². The smallest absolute Gasteiger partial charge is 0.337 e. The molecule has 5 nitrogen and oxygen atoms in total. The normalized spacial score (nSPS) is 14.2. The zero-order valence-corrected chi connectivity index (χ0v) is 16.9. The molecule has 0 unspecified atom stereocenters. The molecule has 1 aliphatic rings. The number of aromatic hydroxyl groups is 1. The quantitative estimate of drug-likeness (QED) is 0.624. The first-order valence-electron chi connectivity index (χ1n) is 10.5. The lowest BCUT2D eigenvalue weighted by Gasteiger charge is -2.28. The van der Waals surface area contributed by atoms with Crippen LogP contribution >= 0.6 is 0 Å². The number of carboxylic acid groups (broad SMARTS) is 1. The molecule has 2 heterocycles. The average molecular weight is 392 g/mol. The third kappa shape index (κ3) is 3.75. The molecule has 0 amide bonds. The van der Waals surface area contributed by atoms with Gasteiger partial charge in [-0.15, -0.1) is 0 Å². The number of rotatable bonds is 7. The van der Waals surface area contributed by atoms with E-state index in [9.17, 15) is 15.0 Å². The molecule has 1 aromatic heterocycles. The van der Waals surface area contributed by atoms with E-state index in [0.29, 0.717) is 12.1 Å². The average Bonchev–Trinajstić information content (AvgIpc) is 3.06. The summed E-state index contributed by atoms with van der Waals surface area (Å²) >= 11 is 0. The molecule has 4 rings (SSSR count). The van der Waals surface area contributed by atoms with E-state index in [0.717, 1.165) is 62.0 Å². The number of unbranched alkanes of at least 4 members (excludes halogenated alkanes) is 1. The van der Waals surface area contributed by atoms with Gasteiger partial charge >= 0.3 is 5.97 Å². The number of phenols is 1. The van der Waals surface area contributed by atoms with E-state index in [2.05, 4.69) is 28.5 Å². The molecule has 0 fully saturated rings. The maximum Gasteiger partial charge on any atom is 0.337 e. The molecule has 2 N–H and O–H groups in total. The molecule has 0 aliphatic carbocycles. The number of nitrogens with zero attached hydrogens (tertiary/aromatic N) is 2. The first kappa shape index (κ1) is 19.5. The number of carbonyl (C=O) groups is 1. The topological polar surface area (TPSA) is 65.7 Å². The zero-order valence-electron chi connectivity index (χ0n) is 16.9. The van der Waals surface area contributed by atoms with Gasteiger partial charge in [-0.05, 0) is 49.1 Å². The second-order valence-electron chi connectivity index (χ2n) is 7.85. The molecule has 29 heavy (non-hydrogen) atoms. The Balaban J connectivity index is 1.82. The van der Waals surface area contributed by atoms with Crippen LogP contribution in [0.2, 0.25) is 0 Å². The van der Waals surface area contributed by atoms with Crippen molar-refractivity contribution in [2.75, 3.05) is 13.1 Å². The van der Waals surface area contributed by atoms with Crippen LogP contribution in [0.25, 0.3) is 10.9 Å². The number of phenolic OH excluding ortho intramolecular Hbond substituents is 1. The van der Waals surface area contributed by atoms with Crippen LogP contribution < -0.4 is 0 Å². The summed E-state index contributed by atoms with van der Waals surface area (Å²) in [6.45, 7) is 5.69. The van der Waals surface area contributed by atoms with Crippen molar-refractivity contribution in [3.8, 4) is 5.75 Å².